The van der Waals surface area contributed by atoms with Crippen LogP contribution in [-0.4, -0.2) is 0 Å². The fraction of sp³-hybridized carbons (Fsp3) is 0.600. The highest BCUT2D eigenvalue weighted by Crippen LogP contribution is 2.33. The van der Waals surface area contributed by atoms with E-state index in [0.717, 1.165) is 12.8 Å². The van der Waals surface area contributed by atoms with Gasteiger partial charge < -0.3 is 0 Å². The summed E-state index contributed by atoms with van der Waals surface area (Å²) in [6.45, 7) is 10.9. The van der Waals surface area contributed by atoms with Crippen LogP contribution in [-0.2, 0) is 5.41 Å². The van der Waals surface area contributed by atoms with E-state index in [1.54, 1.807) is 0 Å². The molecule has 0 saturated heterocycles. The van der Waals surface area contributed by atoms with Gasteiger partial charge in [-0.1, -0.05) is 58.9 Å². The van der Waals surface area contributed by atoms with Gasteiger partial charge in [-0.25, -0.2) is 0 Å². The van der Waals surface area contributed by atoms with Gasteiger partial charge in [-0.05, 0) is 35.3 Å². The van der Waals surface area contributed by atoms with Crippen LogP contribution in [0.2, 0.25) is 0 Å². The van der Waals surface area contributed by atoms with Crippen LogP contribution in [0.25, 0.3) is 0 Å². The first kappa shape index (κ1) is 10.7. The van der Waals surface area contributed by atoms with Crippen LogP contribution in [0.5, 0.6) is 0 Å². The molecule has 1 rings (SSSR count). The Hall–Kier alpha value is -0.780. The fourth-order valence-electron chi connectivity index (χ4n) is 2.08. The van der Waals surface area contributed by atoms with Gasteiger partial charge in [0.15, 0.2) is 0 Å². The molecule has 0 amide bonds. The summed E-state index contributed by atoms with van der Waals surface area (Å²) in [5.74, 6) is -0.427. The van der Waals surface area contributed by atoms with Crippen molar-refractivity contribution in [2.75, 3.05) is 0 Å². The van der Waals surface area contributed by atoms with E-state index < -0.39 is 5.89 Å². The third-order valence-electron chi connectivity index (χ3n) is 2.97. The fourth-order valence-corrected chi connectivity index (χ4v) is 2.08. The summed E-state index contributed by atoms with van der Waals surface area (Å²) in [4.78, 5) is 0. The highest BCUT2D eigenvalue weighted by Gasteiger charge is 2.20. The zero-order valence-electron chi connectivity index (χ0n) is 11.7. The first-order valence-electron chi connectivity index (χ1n) is 6.45. The maximum atomic E-state index is 8.58. The minimum absolute atomic E-state index is 0.118. The molecule has 0 aromatic heterocycles. The maximum absolute atomic E-state index is 8.58. The summed E-state index contributed by atoms with van der Waals surface area (Å²) < 4.78 is 8.58. The van der Waals surface area contributed by atoms with Crippen LogP contribution in [0.4, 0.5) is 0 Å². The summed E-state index contributed by atoms with van der Waals surface area (Å²) in [5, 5.41) is 0. The van der Waals surface area contributed by atoms with Crippen molar-refractivity contribution in [1.29, 1.82) is 0 Å². The molecular formula is C15H24. The molecule has 0 fully saturated rings. The van der Waals surface area contributed by atoms with Gasteiger partial charge >= 0.3 is 0 Å². The largest absolute Gasteiger partial charge is 0.0648 e. The van der Waals surface area contributed by atoms with Gasteiger partial charge in [0.2, 0.25) is 0 Å². The van der Waals surface area contributed by atoms with Gasteiger partial charge in [-0.3, -0.25) is 0 Å². The molecule has 1 aromatic rings. The lowest BCUT2D eigenvalue weighted by Gasteiger charge is -2.26. The first-order chi connectivity index (χ1) is 7.35. The highest BCUT2D eigenvalue weighted by atomic mass is 14.2. The molecule has 0 heterocycles. The SMILES string of the molecule is [2H]C(CC)(CC)c1ccccc1C(C)(C)C. The summed E-state index contributed by atoms with van der Waals surface area (Å²) in [6.07, 6.45) is 1.74. The third kappa shape index (κ3) is 2.84. The molecule has 0 aliphatic carbocycles. The van der Waals surface area contributed by atoms with Crippen LogP contribution in [0, 0.1) is 0 Å². The lowest BCUT2D eigenvalue weighted by Crippen LogP contribution is -2.15. The first-order valence-corrected chi connectivity index (χ1v) is 5.95. The average molecular weight is 205 g/mol. The number of hydrogen-bond donors (Lipinski definition) is 0. The zero-order chi connectivity index (χ0) is 12.4. The molecule has 15 heavy (non-hydrogen) atoms. The lowest BCUT2D eigenvalue weighted by atomic mass is 9.79. The van der Waals surface area contributed by atoms with Crippen molar-refractivity contribution >= 4 is 0 Å². The van der Waals surface area contributed by atoms with Gasteiger partial charge in [-0.15, -0.1) is 0 Å². The molecule has 0 nitrogen and oxygen atoms in total. The van der Waals surface area contributed by atoms with Crippen molar-refractivity contribution in [3.05, 3.63) is 35.4 Å². The standard InChI is InChI=1S/C15H24/c1-6-12(7-2)13-10-8-9-11-14(13)15(3,4)5/h8-12H,6-7H2,1-5H3/i12D. The molecule has 0 aliphatic rings. The summed E-state index contributed by atoms with van der Waals surface area (Å²) in [6, 6.07) is 8.43. The third-order valence-corrected chi connectivity index (χ3v) is 2.97. The number of benzene rings is 1. The Morgan fingerprint density at radius 1 is 1.13 bits per heavy atom. The Morgan fingerprint density at radius 3 is 2.13 bits per heavy atom. The van der Waals surface area contributed by atoms with E-state index in [9.17, 15) is 0 Å². The Morgan fingerprint density at radius 2 is 1.67 bits per heavy atom. The molecule has 0 aliphatic heterocycles. The van der Waals surface area contributed by atoms with Crippen LogP contribution in [0.3, 0.4) is 0 Å². The zero-order valence-corrected chi connectivity index (χ0v) is 10.7. The molecule has 0 heteroatoms. The molecule has 84 valence electrons. The minimum atomic E-state index is -0.427. The van der Waals surface area contributed by atoms with Gasteiger partial charge in [-0.2, -0.15) is 0 Å². The molecule has 0 spiro atoms. The molecule has 0 unspecified atom stereocenters. The predicted octanol–water partition coefficient (Wildman–Crippen LogP) is 4.89. The van der Waals surface area contributed by atoms with E-state index in [1.807, 2.05) is 0 Å². The van der Waals surface area contributed by atoms with Gasteiger partial charge in [0, 0.05) is 1.37 Å². The van der Waals surface area contributed by atoms with E-state index in [1.165, 1.54) is 11.1 Å². The summed E-state index contributed by atoms with van der Waals surface area (Å²) >= 11 is 0. The van der Waals surface area contributed by atoms with Gasteiger partial charge in [0.1, 0.15) is 0 Å². The second-order valence-corrected chi connectivity index (χ2v) is 5.11. The van der Waals surface area contributed by atoms with Crippen LogP contribution in [0.15, 0.2) is 24.3 Å². The highest BCUT2D eigenvalue weighted by molar-refractivity contribution is 5.35. The minimum Gasteiger partial charge on any atom is -0.0648 e. The van der Waals surface area contributed by atoms with Crippen molar-refractivity contribution in [2.45, 2.75) is 58.8 Å². The van der Waals surface area contributed by atoms with Crippen molar-refractivity contribution < 1.29 is 1.37 Å². The Kier molecular flexibility index (Phi) is 3.45. The van der Waals surface area contributed by atoms with Crippen molar-refractivity contribution in [3.63, 3.8) is 0 Å². The molecular weight excluding hydrogens is 180 g/mol. The summed E-state index contributed by atoms with van der Waals surface area (Å²) in [5.41, 5.74) is 2.63. The summed E-state index contributed by atoms with van der Waals surface area (Å²) in [7, 11) is 0. The van der Waals surface area contributed by atoms with Gasteiger partial charge in [0.25, 0.3) is 0 Å². The normalized spacial score (nSPS) is 13.8. The monoisotopic (exact) mass is 205 g/mol. The smallest absolute Gasteiger partial charge is 0.0352 e. The molecule has 0 atom stereocenters. The molecule has 1 aromatic carbocycles. The number of rotatable bonds is 3. The second-order valence-electron chi connectivity index (χ2n) is 5.11. The molecule has 0 N–H and O–H groups in total. The van der Waals surface area contributed by atoms with E-state index in [-0.39, 0.29) is 5.41 Å². The van der Waals surface area contributed by atoms with Crippen LogP contribution in [0.1, 0.15) is 65.9 Å². The lowest BCUT2D eigenvalue weighted by molar-refractivity contribution is 0.556. The number of hydrogen-bond acceptors (Lipinski definition) is 0. The Labute approximate surface area is 96.1 Å². The molecule has 0 saturated carbocycles. The van der Waals surface area contributed by atoms with Crippen LogP contribution >= 0.6 is 0 Å². The Bertz CT molecular complexity index is 343. The Balaban J connectivity index is 3.34. The van der Waals surface area contributed by atoms with Crippen LogP contribution < -0.4 is 0 Å². The predicted molar refractivity (Wildman–Crippen MR) is 68.5 cm³/mol. The van der Waals surface area contributed by atoms with Gasteiger partial charge in [0.05, 0.1) is 0 Å². The molecule has 0 radical (unpaired) electrons. The maximum Gasteiger partial charge on any atom is 0.0352 e. The van der Waals surface area contributed by atoms with Crippen molar-refractivity contribution in [2.24, 2.45) is 0 Å². The average Bonchev–Trinajstić information content (AvgIpc) is 2.27. The topological polar surface area (TPSA) is 0 Å². The van der Waals surface area contributed by atoms with E-state index in [4.69, 9.17) is 1.37 Å². The quantitative estimate of drug-likeness (QED) is 0.659. The van der Waals surface area contributed by atoms with E-state index in [2.05, 4.69) is 58.9 Å². The van der Waals surface area contributed by atoms with E-state index in [0.29, 0.717) is 0 Å². The van der Waals surface area contributed by atoms with Crippen molar-refractivity contribution in [1.82, 2.24) is 0 Å². The second kappa shape index (κ2) is 4.83. The van der Waals surface area contributed by atoms with Crippen molar-refractivity contribution in [3.8, 4) is 0 Å². The van der Waals surface area contributed by atoms with E-state index >= 15 is 0 Å². The molecule has 0 bridgehead atoms.